The summed E-state index contributed by atoms with van der Waals surface area (Å²) >= 11 is 0. The van der Waals surface area contributed by atoms with Crippen LogP contribution in [0.4, 0.5) is 5.82 Å². The van der Waals surface area contributed by atoms with Gasteiger partial charge in [0.25, 0.3) is 5.56 Å². The Morgan fingerprint density at radius 1 is 1.25 bits per heavy atom. The zero-order chi connectivity index (χ0) is 22.7. The van der Waals surface area contributed by atoms with Gasteiger partial charge in [-0.05, 0) is 45.4 Å². The highest BCUT2D eigenvalue weighted by atomic mass is 16.2. The molecule has 32 heavy (non-hydrogen) atoms. The predicted octanol–water partition coefficient (Wildman–Crippen LogP) is 1.60. The van der Waals surface area contributed by atoms with Crippen molar-refractivity contribution in [3.63, 3.8) is 0 Å². The van der Waals surface area contributed by atoms with Crippen molar-refractivity contribution >= 4 is 17.0 Å². The maximum atomic E-state index is 12.6. The highest BCUT2D eigenvalue weighted by molar-refractivity contribution is 5.71. The summed E-state index contributed by atoms with van der Waals surface area (Å²) in [7, 11) is 2.07. The molecule has 1 unspecified atom stereocenters. The molecule has 1 aliphatic heterocycles. The summed E-state index contributed by atoms with van der Waals surface area (Å²) in [5, 5.41) is 8.30. The molecule has 0 saturated carbocycles. The van der Waals surface area contributed by atoms with Gasteiger partial charge in [-0.2, -0.15) is 5.10 Å². The number of anilines is 1. The molecule has 0 aliphatic carbocycles. The van der Waals surface area contributed by atoms with E-state index in [0.29, 0.717) is 36.8 Å². The smallest absolute Gasteiger partial charge is 0.330 e. The first-order valence-electron chi connectivity index (χ1n) is 11.5. The van der Waals surface area contributed by atoms with E-state index in [2.05, 4.69) is 39.0 Å². The number of aryl methyl sites for hydroxylation is 2. The topological polar surface area (TPSA) is 105 Å². The van der Waals surface area contributed by atoms with E-state index in [1.165, 1.54) is 0 Å². The third-order valence-electron chi connectivity index (χ3n) is 6.18. The fourth-order valence-corrected chi connectivity index (χ4v) is 4.64. The average Bonchev–Trinajstić information content (AvgIpc) is 3.38. The zero-order valence-corrected chi connectivity index (χ0v) is 19.1. The number of fused-ring (bicyclic) bond motifs is 1. The van der Waals surface area contributed by atoms with Crippen LogP contribution in [0.5, 0.6) is 0 Å². The monoisotopic (exact) mass is 440 g/mol. The summed E-state index contributed by atoms with van der Waals surface area (Å²) in [5.41, 5.74) is 0.209. The summed E-state index contributed by atoms with van der Waals surface area (Å²) in [6.45, 7) is 7.66. The quantitative estimate of drug-likeness (QED) is 0.539. The van der Waals surface area contributed by atoms with Crippen LogP contribution in [0.1, 0.15) is 45.4 Å². The number of nitrogens with one attached hydrogen (secondary N) is 1. The van der Waals surface area contributed by atoms with Crippen molar-refractivity contribution in [1.29, 1.82) is 0 Å². The van der Waals surface area contributed by atoms with Gasteiger partial charge in [0.1, 0.15) is 5.82 Å². The highest BCUT2D eigenvalue weighted by Crippen LogP contribution is 2.24. The number of nitrogens with zero attached hydrogens (tertiary/aromatic N) is 7. The van der Waals surface area contributed by atoms with Crippen LogP contribution < -0.4 is 16.1 Å². The SMILES string of the molecule is CCCCn1c(=O)[nH]c(=O)c2c1nc(CN(C)CC1CCCN1c1cccnn1)n2CC. The Labute approximate surface area is 186 Å². The Balaban J connectivity index is 1.59. The second-order valence-electron chi connectivity index (χ2n) is 8.48. The van der Waals surface area contributed by atoms with E-state index in [0.717, 1.165) is 50.4 Å². The molecule has 0 bridgehead atoms. The fourth-order valence-electron chi connectivity index (χ4n) is 4.64. The molecular formula is C22H32N8O2. The molecule has 1 N–H and O–H groups in total. The van der Waals surface area contributed by atoms with Crippen molar-refractivity contribution in [3.05, 3.63) is 45.0 Å². The summed E-state index contributed by atoms with van der Waals surface area (Å²) < 4.78 is 3.53. The first kappa shape index (κ1) is 22.2. The van der Waals surface area contributed by atoms with E-state index >= 15 is 0 Å². The molecule has 0 amide bonds. The minimum absolute atomic E-state index is 0.349. The number of H-pyrrole nitrogens is 1. The fraction of sp³-hybridized carbons (Fsp3) is 0.591. The van der Waals surface area contributed by atoms with Gasteiger partial charge in [-0.1, -0.05) is 13.3 Å². The second kappa shape index (κ2) is 9.64. The number of hydrogen-bond donors (Lipinski definition) is 1. The van der Waals surface area contributed by atoms with Gasteiger partial charge >= 0.3 is 5.69 Å². The third-order valence-corrected chi connectivity index (χ3v) is 6.18. The second-order valence-corrected chi connectivity index (χ2v) is 8.48. The summed E-state index contributed by atoms with van der Waals surface area (Å²) in [5.74, 6) is 1.71. The summed E-state index contributed by atoms with van der Waals surface area (Å²) in [6.07, 6.45) is 5.73. The largest absolute Gasteiger partial charge is 0.351 e. The molecule has 1 saturated heterocycles. The van der Waals surface area contributed by atoms with Gasteiger partial charge in [-0.25, -0.2) is 9.78 Å². The van der Waals surface area contributed by atoms with E-state index in [-0.39, 0.29) is 11.2 Å². The van der Waals surface area contributed by atoms with Crippen molar-refractivity contribution in [1.82, 2.24) is 34.2 Å². The minimum atomic E-state index is -0.387. The predicted molar refractivity (Wildman–Crippen MR) is 124 cm³/mol. The van der Waals surface area contributed by atoms with Crippen LogP contribution in [0.3, 0.4) is 0 Å². The van der Waals surface area contributed by atoms with Gasteiger partial charge in [0, 0.05) is 38.4 Å². The van der Waals surface area contributed by atoms with Crippen LogP contribution >= 0.6 is 0 Å². The Kier molecular flexibility index (Phi) is 6.69. The molecule has 0 spiro atoms. The number of rotatable bonds is 9. The molecule has 10 nitrogen and oxygen atoms in total. The van der Waals surface area contributed by atoms with Crippen LogP contribution in [0, 0.1) is 0 Å². The molecule has 4 heterocycles. The summed E-state index contributed by atoms with van der Waals surface area (Å²) in [4.78, 5) is 36.8. The van der Waals surface area contributed by atoms with Gasteiger partial charge in [0.15, 0.2) is 17.0 Å². The Bertz CT molecular complexity index is 1170. The van der Waals surface area contributed by atoms with Crippen molar-refractivity contribution in [2.75, 3.05) is 25.0 Å². The molecular weight excluding hydrogens is 408 g/mol. The van der Waals surface area contributed by atoms with Crippen LogP contribution in [-0.2, 0) is 19.6 Å². The van der Waals surface area contributed by atoms with Gasteiger partial charge < -0.3 is 9.47 Å². The number of unbranched alkanes of at least 4 members (excludes halogenated alkanes) is 1. The standard InChI is InChI=1S/C22H32N8O2/c1-4-6-12-30-20-19(21(31)25-22(30)32)28(5-2)18(24-20)15-27(3)14-16-9-8-13-29(16)17-10-7-11-23-26-17/h7,10-11,16H,4-6,8-9,12-15H2,1-3H3,(H,25,31,32). The lowest BCUT2D eigenvalue weighted by atomic mass is 10.2. The number of aromatic nitrogens is 6. The van der Waals surface area contributed by atoms with Crippen molar-refractivity contribution < 1.29 is 0 Å². The number of likely N-dealkylation sites (N-methyl/N-ethyl adjacent to an activating group) is 1. The van der Waals surface area contributed by atoms with Gasteiger partial charge in [-0.3, -0.25) is 19.2 Å². The molecule has 1 aliphatic rings. The molecule has 3 aromatic rings. The van der Waals surface area contributed by atoms with Crippen molar-refractivity contribution in [3.8, 4) is 0 Å². The minimum Gasteiger partial charge on any atom is -0.351 e. The average molecular weight is 441 g/mol. The lowest BCUT2D eigenvalue weighted by molar-refractivity contribution is 0.292. The first-order chi connectivity index (χ1) is 15.5. The molecule has 1 fully saturated rings. The van der Waals surface area contributed by atoms with Gasteiger partial charge in [-0.15, -0.1) is 5.10 Å². The molecule has 0 aromatic carbocycles. The van der Waals surface area contributed by atoms with Crippen LogP contribution in [-0.4, -0.2) is 60.4 Å². The molecule has 10 heteroatoms. The van der Waals surface area contributed by atoms with E-state index < -0.39 is 0 Å². The molecule has 3 aromatic heterocycles. The zero-order valence-electron chi connectivity index (χ0n) is 19.1. The van der Waals surface area contributed by atoms with Gasteiger partial charge in [0.2, 0.25) is 0 Å². The normalized spacial score (nSPS) is 16.5. The summed E-state index contributed by atoms with van der Waals surface area (Å²) in [6, 6.07) is 4.27. The van der Waals surface area contributed by atoms with E-state index in [1.807, 2.05) is 23.6 Å². The number of imidazole rings is 1. The molecule has 4 rings (SSSR count). The van der Waals surface area contributed by atoms with Crippen LogP contribution in [0.2, 0.25) is 0 Å². The van der Waals surface area contributed by atoms with Gasteiger partial charge in [0.05, 0.1) is 6.54 Å². The van der Waals surface area contributed by atoms with Crippen LogP contribution in [0.25, 0.3) is 11.2 Å². The number of aromatic amines is 1. The van der Waals surface area contributed by atoms with E-state index in [4.69, 9.17) is 4.98 Å². The lowest BCUT2D eigenvalue weighted by Gasteiger charge is -2.29. The highest BCUT2D eigenvalue weighted by Gasteiger charge is 2.27. The lowest BCUT2D eigenvalue weighted by Crippen LogP contribution is -2.39. The maximum absolute atomic E-state index is 12.6. The third kappa shape index (κ3) is 4.32. The van der Waals surface area contributed by atoms with Crippen LogP contribution in [0.15, 0.2) is 27.9 Å². The van der Waals surface area contributed by atoms with E-state index in [1.54, 1.807) is 10.8 Å². The molecule has 1 atom stereocenters. The van der Waals surface area contributed by atoms with Crippen molar-refractivity contribution in [2.45, 2.75) is 65.2 Å². The Morgan fingerprint density at radius 2 is 2.09 bits per heavy atom. The molecule has 0 radical (unpaired) electrons. The number of hydrogen-bond acceptors (Lipinski definition) is 7. The molecule has 172 valence electrons. The Morgan fingerprint density at radius 3 is 2.81 bits per heavy atom. The first-order valence-corrected chi connectivity index (χ1v) is 11.5. The Hall–Kier alpha value is -3.01. The maximum Gasteiger partial charge on any atom is 0.330 e. The van der Waals surface area contributed by atoms with E-state index in [9.17, 15) is 9.59 Å². The van der Waals surface area contributed by atoms with Crippen molar-refractivity contribution in [2.24, 2.45) is 0 Å².